The lowest BCUT2D eigenvalue weighted by molar-refractivity contribution is -0.119. The summed E-state index contributed by atoms with van der Waals surface area (Å²) < 4.78 is 22.2. The Hall–Kier alpha value is -0.0562. The monoisotopic (exact) mass is 378 g/mol. The molecule has 2 unspecified atom stereocenters. The lowest BCUT2D eigenvalue weighted by Gasteiger charge is -2.34. The molecule has 0 aromatic heterocycles. The minimum absolute atomic E-state index is 0.0104. The van der Waals surface area contributed by atoms with E-state index in [0.29, 0.717) is 18.6 Å². The minimum Gasteiger partial charge on any atom is -0.400 e. The molecule has 144 valence electrons. The van der Waals surface area contributed by atoms with Gasteiger partial charge in [-0.2, -0.15) is 0 Å². The van der Waals surface area contributed by atoms with Gasteiger partial charge in [0, 0.05) is 51.4 Å². The predicted molar refractivity (Wildman–Crippen MR) is 103 cm³/mol. The normalized spacial score (nSPS) is 17.1. The Morgan fingerprint density at radius 1 is 0.750 bits per heavy atom. The molecule has 0 bridgehead atoms. The Morgan fingerprint density at radius 3 is 1.25 bits per heavy atom. The van der Waals surface area contributed by atoms with Crippen LogP contribution in [0.15, 0.2) is 0 Å². The van der Waals surface area contributed by atoms with Crippen molar-refractivity contribution in [3.63, 3.8) is 0 Å². The summed E-state index contributed by atoms with van der Waals surface area (Å²) in [5.41, 5.74) is 0. The quantitative estimate of drug-likeness (QED) is 0.433. The topological polar surface area (TPSA) is 54.0 Å². The molecule has 0 N–H and O–H groups in total. The van der Waals surface area contributed by atoms with Gasteiger partial charge in [-0.05, 0) is 25.7 Å². The van der Waals surface area contributed by atoms with Crippen molar-refractivity contribution in [1.82, 2.24) is 0 Å². The molecule has 0 aliphatic carbocycles. The van der Waals surface area contributed by atoms with Crippen LogP contribution in [0.25, 0.3) is 0 Å². The van der Waals surface area contributed by atoms with Crippen LogP contribution in [0, 0.1) is 0 Å². The van der Waals surface area contributed by atoms with E-state index in [0.717, 1.165) is 25.7 Å². The van der Waals surface area contributed by atoms with E-state index >= 15 is 0 Å². The first-order valence-corrected chi connectivity index (χ1v) is 11.9. The number of hydrogen-bond donors (Lipinski definition) is 0. The van der Waals surface area contributed by atoms with E-state index < -0.39 is 18.6 Å². The molecule has 0 heterocycles. The Labute approximate surface area is 152 Å². The van der Waals surface area contributed by atoms with Crippen molar-refractivity contribution in [2.75, 3.05) is 28.4 Å². The molecule has 2 atom stereocenters. The van der Waals surface area contributed by atoms with Gasteiger partial charge in [0.15, 0.2) is 0 Å². The number of rotatable bonds is 14. The van der Waals surface area contributed by atoms with E-state index in [-0.39, 0.29) is 10.1 Å². The third-order valence-electron chi connectivity index (χ3n) is 5.56. The highest BCUT2D eigenvalue weighted by molar-refractivity contribution is 6.48. The summed E-state index contributed by atoms with van der Waals surface area (Å²) in [7, 11) is 3.34. The smallest absolute Gasteiger partial charge is 0.327 e. The first-order valence-electron chi connectivity index (χ1n) is 8.89. The predicted octanol–water partition coefficient (Wildman–Crippen LogP) is 3.48. The largest absolute Gasteiger partial charge is 0.400 e. The van der Waals surface area contributed by atoms with Gasteiger partial charge in [0.1, 0.15) is 5.78 Å². The van der Waals surface area contributed by atoms with Gasteiger partial charge in [-0.3, -0.25) is 4.79 Å². The summed E-state index contributed by atoms with van der Waals surface area (Å²) in [5.74, 6) is 0.314. The lowest BCUT2D eigenvalue weighted by atomic mass is 9.95. The molecular weight excluding hydrogens is 340 g/mol. The molecule has 0 amide bonds. The maximum atomic E-state index is 12.4. The van der Waals surface area contributed by atoms with Crippen LogP contribution in [0.2, 0.25) is 10.1 Å². The summed E-state index contributed by atoms with van der Waals surface area (Å²) in [5, 5.41) is -0.0207. The zero-order chi connectivity index (χ0) is 18.8. The van der Waals surface area contributed by atoms with Crippen LogP contribution >= 0.6 is 0 Å². The van der Waals surface area contributed by atoms with Gasteiger partial charge in [0.25, 0.3) is 0 Å². The van der Waals surface area contributed by atoms with Crippen molar-refractivity contribution in [2.45, 2.75) is 76.3 Å². The van der Waals surface area contributed by atoms with Crippen molar-refractivity contribution in [3.05, 3.63) is 0 Å². The summed E-state index contributed by atoms with van der Waals surface area (Å²) in [6, 6.07) is 0. The molecule has 0 aromatic carbocycles. The second-order valence-electron chi connectivity index (χ2n) is 7.16. The number of carbonyl (C=O) groups is 1. The van der Waals surface area contributed by atoms with Gasteiger partial charge >= 0.3 is 18.6 Å². The summed E-state index contributed by atoms with van der Waals surface area (Å²) in [6.07, 6.45) is 4.78. The van der Waals surface area contributed by atoms with Crippen LogP contribution in [0.5, 0.6) is 0 Å². The van der Waals surface area contributed by atoms with Crippen molar-refractivity contribution in [3.8, 4) is 0 Å². The van der Waals surface area contributed by atoms with Crippen molar-refractivity contribution in [2.24, 2.45) is 0 Å². The van der Waals surface area contributed by atoms with E-state index in [4.69, 9.17) is 17.7 Å². The van der Waals surface area contributed by atoms with Gasteiger partial charge in [-0.1, -0.05) is 27.7 Å². The van der Waals surface area contributed by atoms with Crippen LogP contribution in [0.4, 0.5) is 0 Å². The lowest BCUT2D eigenvalue weighted by Crippen LogP contribution is -2.35. The second-order valence-corrected chi connectivity index (χ2v) is 13.2. The molecule has 24 heavy (non-hydrogen) atoms. The summed E-state index contributed by atoms with van der Waals surface area (Å²) in [6.45, 7) is 8.65. The standard InChI is InChI=1S/C17H38O5Si2/c1-9-16(3,23(19-5)20-6)13-11-15(18)12-14-17(4,10-2)24(21-7)22-8/h23-24H,9-14H2,1-8H3. The van der Waals surface area contributed by atoms with Gasteiger partial charge in [-0.15, -0.1) is 0 Å². The molecule has 0 rings (SSSR count). The highest BCUT2D eigenvalue weighted by Crippen LogP contribution is 2.41. The fourth-order valence-electron chi connectivity index (χ4n) is 3.23. The number of ketones is 1. The first kappa shape index (κ1) is 23.9. The first-order chi connectivity index (χ1) is 11.3. The third kappa shape index (κ3) is 6.69. The highest BCUT2D eigenvalue weighted by Gasteiger charge is 2.38. The maximum Gasteiger partial charge on any atom is 0.327 e. The fraction of sp³-hybridized carbons (Fsp3) is 0.941. The molecule has 0 fully saturated rings. The molecular formula is C17H38O5Si2. The zero-order valence-electron chi connectivity index (χ0n) is 16.9. The summed E-state index contributed by atoms with van der Waals surface area (Å²) >= 11 is 0. The Kier molecular flexibility index (Phi) is 11.5. The number of Topliss-reactive ketones (excluding diaryl/α,β-unsaturated/α-hetero) is 1. The SMILES string of the molecule is CCC(C)(CCC(=O)CCC(C)(CC)[SiH](OC)OC)[SiH](OC)OC. The van der Waals surface area contributed by atoms with Crippen LogP contribution in [-0.2, 0) is 22.5 Å². The molecule has 5 nitrogen and oxygen atoms in total. The Morgan fingerprint density at radius 2 is 1.04 bits per heavy atom. The van der Waals surface area contributed by atoms with E-state index in [1.54, 1.807) is 28.4 Å². The average Bonchev–Trinajstić information content (AvgIpc) is 2.60. The average molecular weight is 379 g/mol. The molecule has 0 aliphatic heterocycles. The van der Waals surface area contributed by atoms with Gasteiger partial charge in [0.05, 0.1) is 0 Å². The van der Waals surface area contributed by atoms with Gasteiger partial charge in [-0.25, -0.2) is 0 Å². The molecule has 0 saturated heterocycles. The van der Waals surface area contributed by atoms with E-state index in [2.05, 4.69) is 27.7 Å². The van der Waals surface area contributed by atoms with Crippen molar-refractivity contribution in [1.29, 1.82) is 0 Å². The number of hydrogen-bond acceptors (Lipinski definition) is 5. The fourth-order valence-corrected chi connectivity index (χ4v) is 7.32. The van der Waals surface area contributed by atoms with Crippen LogP contribution in [-0.4, -0.2) is 52.8 Å². The number of carbonyl (C=O) groups excluding carboxylic acids is 1. The van der Waals surface area contributed by atoms with Crippen molar-refractivity contribution < 1.29 is 22.5 Å². The van der Waals surface area contributed by atoms with Crippen LogP contribution in [0.3, 0.4) is 0 Å². The van der Waals surface area contributed by atoms with E-state index in [1.807, 2.05) is 0 Å². The molecule has 0 aromatic rings. The highest BCUT2D eigenvalue weighted by atomic mass is 28.3. The molecule has 0 aliphatic rings. The van der Waals surface area contributed by atoms with Crippen molar-refractivity contribution >= 4 is 24.4 Å². The van der Waals surface area contributed by atoms with Gasteiger partial charge < -0.3 is 17.7 Å². The van der Waals surface area contributed by atoms with Crippen LogP contribution in [0.1, 0.15) is 66.2 Å². The summed E-state index contributed by atoms with van der Waals surface area (Å²) in [4.78, 5) is 12.4. The second kappa shape index (κ2) is 11.5. The molecule has 0 spiro atoms. The Balaban J connectivity index is 4.63. The molecule has 7 heteroatoms. The zero-order valence-corrected chi connectivity index (χ0v) is 19.2. The third-order valence-corrected chi connectivity index (χ3v) is 10.9. The van der Waals surface area contributed by atoms with E-state index in [1.165, 1.54) is 0 Å². The maximum absolute atomic E-state index is 12.4. The molecule has 0 saturated carbocycles. The minimum atomic E-state index is -1.75. The van der Waals surface area contributed by atoms with Crippen LogP contribution < -0.4 is 0 Å². The van der Waals surface area contributed by atoms with Gasteiger partial charge in [0.2, 0.25) is 0 Å². The van der Waals surface area contributed by atoms with E-state index in [9.17, 15) is 4.79 Å². The molecule has 0 radical (unpaired) electrons. The Bertz CT molecular complexity index is 329.